The van der Waals surface area contributed by atoms with Crippen LogP contribution in [-0.4, -0.2) is 117 Å². The van der Waals surface area contributed by atoms with Crippen LogP contribution in [0.5, 0.6) is 0 Å². The van der Waals surface area contributed by atoms with E-state index in [9.17, 15) is 35.4 Å². The van der Waals surface area contributed by atoms with Crippen LogP contribution in [0.25, 0.3) is 0 Å². The number of amides is 1. The summed E-state index contributed by atoms with van der Waals surface area (Å²) in [6.07, 6.45) is -7.85. The molecule has 2 heterocycles. The summed E-state index contributed by atoms with van der Waals surface area (Å²) in [7, 11) is 1.24. The maximum absolute atomic E-state index is 12.0. The molecule has 2 aliphatic heterocycles. The average Bonchev–Trinajstić information content (AvgIpc) is 2.80. The van der Waals surface area contributed by atoms with Gasteiger partial charge in [-0.3, -0.25) is 4.79 Å². The van der Waals surface area contributed by atoms with Crippen molar-refractivity contribution in [3.8, 4) is 0 Å². The molecule has 1 amide bonds. The Kier molecular flexibility index (Phi) is 7.94. The van der Waals surface area contributed by atoms with Crippen LogP contribution in [0.2, 0.25) is 0 Å². The Bertz CT molecular complexity index is 801. The fraction of sp³-hybridized carbons (Fsp3) is 0.667. The number of carbonyl (C=O) groups excluding carboxylic acids is 1. The third kappa shape index (κ3) is 4.34. The molecule has 0 spiro atoms. The van der Waals surface area contributed by atoms with Crippen molar-refractivity contribution in [2.24, 2.45) is 0 Å². The highest BCUT2D eigenvalue weighted by Crippen LogP contribution is 2.45. The van der Waals surface area contributed by atoms with Crippen LogP contribution >= 0.6 is 0 Å². The molecule has 0 bridgehead atoms. The summed E-state index contributed by atoms with van der Waals surface area (Å²) < 4.78 is 16.2. The average molecular weight is 472 g/mol. The van der Waals surface area contributed by atoms with Crippen LogP contribution in [0.4, 0.5) is 5.69 Å². The SMILES string of the molecule is CO[C@H]1O[C@H](CO)[C@](O)([C@@]2(O)[C@@H](CO)OC[C@H](O)[C@@H]2Nc2ccccc2)[C@H](O)[C@@H]1NC(C)=O. The fourth-order valence-corrected chi connectivity index (χ4v) is 4.77. The van der Waals surface area contributed by atoms with E-state index in [0.717, 1.165) is 0 Å². The number of hydrogen-bond donors (Lipinski definition) is 8. The summed E-state index contributed by atoms with van der Waals surface area (Å²) in [6, 6.07) is 5.69. The highest BCUT2D eigenvalue weighted by molar-refractivity contribution is 5.73. The van der Waals surface area contributed by atoms with Crippen LogP contribution in [0.15, 0.2) is 30.3 Å². The van der Waals surface area contributed by atoms with Crippen molar-refractivity contribution in [1.29, 1.82) is 0 Å². The van der Waals surface area contributed by atoms with Gasteiger partial charge in [0, 0.05) is 19.7 Å². The number of benzene rings is 1. The number of aliphatic hydroxyl groups excluding tert-OH is 4. The molecule has 0 unspecified atom stereocenters. The number of hydrogen-bond acceptors (Lipinski definition) is 11. The summed E-state index contributed by atoms with van der Waals surface area (Å²) in [6.45, 7) is -0.809. The minimum atomic E-state index is -2.76. The third-order valence-electron chi connectivity index (χ3n) is 6.36. The summed E-state index contributed by atoms with van der Waals surface area (Å²) in [5, 5.41) is 71.4. The van der Waals surface area contributed by atoms with E-state index in [-0.39, 0.29) is 6.61 Å². The van der Waals surface area contributed by atoms with Crippen molar-refractivity contribution in [1.82, 2.24) is 5.32 Å². The Hall–Kier alpha value is -1.87. The number of ether oxygens (including phenoxy) is 3. The molecule has 0 aromatic heterocycles. The molecule has 1 aromatic rings. The first-order valence-electron chi connectivity index (χ1n) is 10.6. The van der Waals surface area contributed by atoms with Gasteiger partial charge in [0.05, 0.1) is 25.9 Å². The minimum Gasteiger partial charge on any atom is -0.394 e. The Labute approximate surface area is 190 Å². The maximum atomic E-state index is 12.0. The van der Waals surface area contributed by atoms with E-state index in [1.165, 1.54) is 14.0 Å². The number of nitrogens with one attached hydrogen (secondary N) is 2. The van der Waals surface area contributed by atoms with Crippen molar-refractivity contribution >= 4 is 11.6 Å². The monoisotopic (exact) mass is 472 g/mol. The molecule has 12 nitrogen and oxygen atoms in total. The summed E-state index contributed by atoms with van der Waals surface area (Å²) in [5.74, 6) is -0.584. The summed E-state index contributed by atoms with van der Waals surface area (Å²) in [5.41, 5.74) is -4.93. The molecule has 3 rings (SSSR count). The molecular weight excluding hydrogens is 440 g/mol. The van der Waals surface area contributed by atoms with Crippen LogP contribution in [0, 0.1) is 0 Å². The second-order valence-corrected chi connectivity index (χ2v) is 8.29. The molecule has 0 aliphatic carbocycles. The lowest BCUT2D eigenvalue weighted by Crippen LogP contribution is -2.86. The fourth-order valence-electron chi connectivity index (χ4n) is 4.77. The maximum Gasteiger partial charge on any atom is 0.217 e. The lowest BCUT2D eigenvalue weighted by atomic mass is 9.63. The minimum absolute atomic E-state index is 0.301. The topological polar surface area (TPSA) is 190 Å². The van der Waals surface area contributed by atoms with Gasteiger partial charge in [-0.1, -0.05) is 18.2 Å². The van der Waals surface area contributed by atoms with E-state index >= 15 is 0 Å². The number of para-hydroxylation sites is 1. The highest BCUT2D eigenvalue weighted by atomic mass is 16.7. The number of carbonyl (C=O) groups is 1. The van der Waals surface area contributed by atoms with E-state index < -0.39 is 73.1 Å². The Balaban J connectivity index is 2.14. The van der Waals surface area contributed by atoms with Crippen LogP contribution in [0.1, 0.15) is 6.92 Å². The smallest absolute Gasteiger partial charge is 0.217 e. The first-order chi connectivity index (χ1) is 15.6. The van der Waals surface area contributed by atoms with Gasteiger partial charge in [-0.05, 0) is 12.1 Å². The first-order valence-corrected chi connectivity index (χ1v) is 10.6. The molecular formula is C21H32N2O10. The Morgan fingerprint density at radius 3 is 2.30 bits per heavy atom. The molecule has 1 aromatic carbocycles. The predicted molar refractivity (Wildman–Crippen MR) is 113 cm³/mol. The van der Waals surface area contributed by atoms with Gasteiger partial charge in [0.1, 0.15) is 36.1 Å². The molecule has 8 N–H and O–H groups in total. The second kappa shape index (κ2) is 10.2. The Morgan fingerprint density at radius 2 is 1.76 bits per heavy atom. The molecule has 0 saturated carbocycles. The summed E-state index contributed by atoms with van der Waals surface area (Å²) in [4.78, 5) is 11.8. The number of aliphatic hydroxyl groups is 6. The van der Waals surface area contributed by atoms with Gasteiger partial charge in [-0.2, -0.15) is 0 Å². The number of methoxy groups -OCH3 is 1. The van der Waals surface area contributed by atoms with E-state index in [2.05, 4.69) is 10.6 Å². The second-order valence-electron chi connectivity index (χ2n) is 8.29. The van der Waals surface area contributed by atoms with Crippen molar-refractivity contribution in [3.63, 3.8) is 0 Å². The zero-order chi connectivity index (χ0) is 24.4. The molecule has 186 valence electrons. The van der Waals surface area contributed by atoms with Crippen LogP contribution in [-0.2, 0) is 19.0 Å². The first kappa shape index (κ1) is 25.7. The van der Waals surface area contributed by atoms with Crippen molar-refractivity contribution in [2.75, 3.05) is 32.2 Å². The predicted octanol–water partition coefficient (Wildman–Crippen LogP) is -3.09. The molecule has 2 aliphatic rings. The largest absolute Gasteiger partial charge is 0.394 e. The normalized spacial score (nSPS) is 41.4. The number of rotatable bonds is 7. The number of anilines is 1. The van der Waals surface area contributed by atoms with Crippen molar-refractivity contribution in [3.05, 3.63) is 30.3 Å². The van der Waals surface area contributed by atoms with E-state index in [1.807, 2.05) is 0 Å². The van der Waals surface area contributed by atoms with Gasteiger partial charge in [-0.25, -0.2) is 0 Å². The zero-order valence-electron chi connectivity index (χ0n) is 18.4. The third-order valence-corrected chi connectivity index (χ3v) is 6.36. The quantitative estimate of drug-likeness (QED) is 0.201. The summed E-state index contributed by atoms with van der Waals surface area (Å²) >= 11 is 0. The van der Waals surface area contributed by atoms with E-state index in [1.54, 1.807) is 30.3 Å². The molecule has 2 fully saturated rings. The molecule has 12 heteroatoms. The lowest BCUT2D eigenvalue weighted by molar-refractivity contribution is -0.367. The van der Waals surface area contributed by atoms with Crippen LogP contribution < -0.4 is 10.6 Å². The van der Waals surface area contributed by atoms with Gasteiger partial charge in [0.2, 0.25) is 5.91 Å². The molecule has 2 saturated heterocycles. The molecule has 33 heavy (non-hydrogen) atoms. The highest BCUT2D eigenvalue weighted by Gasteiger charge is 2.72. The zero-order valence-corrected chi connectivity index (χ0v) is 18.4. The van der Waals surface area contributed by atoms with E-state index in [4.69, 9.17) is 14.2 Å². The van der Waals surface area contributed by atoms with Crippen molar-refractivity contribution < 1.29 is 49.6 Å². The van der Waals surface area contributed by atoms with Gasteiger partial charge >= 0.3 is 0 Å². The standard InChI is InChI=1S/C21H32N2O10/c1-11(26)22-16-18(28)21(30,15(9-25)33-19(16)31-2)20(29)14(8-24)32-10-13(27)17(20)23-12-6-4-3-5-7-12/h3-7,13-19,23-25,27-30H,8-10H2,1-2H3,(H,22,26)/t13-,14+,15+,16-,17-,18+,19-,20+,21+/m0/s1. The Morgan fingerprint density at radius 1 is 1.12 bits per heavy atom. The van der Waals surface area contributed by atoms with Gasteiger partial charge in [0.25, 0.3) is 0 Å². The van der Waals surface area contributed by atoms with Gasteiger partial charge in [-0.15, -0.1) is 0 Å². The molecule has 9 atom stereocenters. The van der Waals surface area contributed by atoms with E-state index in [0.29, 0.717) is 5.69 Å². The van der Waals surface area contributed by atoms with Crippen LogP contribution in [0.3, 0.4) is 0 Å². The van der Waals surface area contributed by atoms with Gasteiger partial charge < -0.3 is 55.5 Å². The lowest BCUT2D eigenvalue weighted by Gasteiger charge is -2.61. The van der Waals surface area contributed by atoms with Crippen molar-refractivity contribution in [2.45, 2.75) is 60.9 Å². The molecule has 0 radical (unpaired) electrons. The van der Waals surface area contributed by atoms with Gasteiger partial charge in [0.15, 0.2) is 11.9 Å².